The predicted octanol–water partition coefficient (Wildman–Crippen LogP) is 1.89. The molecule has 0 saturated carbocycles. The number of aromatic nitrogens is 2. The highest BCUT2D eigenvalue weighted by Gasteiger charge is 2.47. The molecule has 2 aliphatic rings. The molecule has 10 heteroatoms. The summed E-state index contributed by atoms with van der Waals surface area (Å²) in [5, 5.41) is 7.12. The summed E-state index contributed by atoms with van der Waals surface area (Å²) >= 11 is 0. The third-order valence-electron chi connectivity index (χ3n) is 5.32. The van der Waals surface area contributed by atoms with Crippen LogP contribution in [0.4, 0.5) is 13.2 Å². The van der Waals surface area contributed by atoms with Crippen molar-refractivity contribution in [1.82, 2.24) is 19.4 Å². The summed E-state index contributed by atoms with van der Waals surface area (Å²) in [6.07, 6.45) is 1.82. The average Bonchev–Trinajstić information content (AvgIpc) is 3.14. The van der Waals surface area contributed by atoms with Crippen LogP contribution >= 0.6 is 0 Å². The van der Waals surface area contributed by atoms with E-state index in [1.54, 1.807) is 0 Å². The number of aryl methyl sites for hydroxylation is 1. The summed E-state index contributed by atoms with van der Waals surface area (Å²) in [4.78, 5) is 30.2. The minimum absolute atomic E-state index is 0.0475. The van der Waals surface area contributed by atoms with Crippen LogP contribution in [0.25, 0.3) is 0 Å². The molecular weight excluding hydrogens is 365 g/mol. The maximum absolute atomic E-state index is 12.5. The molecule has 0 unspecified atom stereocenters. The molecule has 1 amide bonds. The quantitative estimate of drug-likeness (QED) is 0.853. The van der Waals surface area contributed by atoms with E-state index in [9.17, 15) is 18.0 Å². The molecule has 0 aromatic carbocycles. The number of hydrogen-bond acceptors (Lipinski definition) is 4. The molecule has 2 fully saturated rings. The molecule has 0 bridgehead atoms. The van der Waals surface area contributed by atoms with E-state index >= 15 is 0 Å². The van der Waals surface area contributed by atoms with E-state index < -0.39 is 12.1 Å². The van der Waals surface area contributed by atoms with Crippen molar-refractivity contribution in [2.75, 3.05) is 26.2 Å². The number of piperidine rings is 1. The van der Waals surface area contributed by atoms with Gasteiger partial charge in [0.05, 0.1) is 12.0 Å². The van der Waals surface area contributed by atoms with Crippen molar-refractivity contribution < 1.29 is 27.9 Å². The van der Waals surface area contributed by atoms with Crippen molar-refractivity contribution in [3.8, 4) is 0 Å². The van der Waals surface area contributed by atoms with Crippen LogP contribution in [-0.4, -0.2) is 68.7 Å². The molecule has 1 aromatic heterocycles. The first-order valence-electron chi connectivity index (χ1n) is 8.87. The maximum atomic E-state index is 12.5. The Morgan fingerprint density at radius 3 is 2.22 bits per heavy atom. The largest absolute Gasteiger partial charge is 0.490 e. The fourth-order valence-corrected chi connectivity index (χ4v) is 3.55. The fraction of sp³-hybridized carbons (Fsp3) is 0.706. The lowest BCUT2D eigenvalue weighted by atomic mass is 9.77. The van der Waals surface area contributed by atoms with E-state index in [1.165, 1.54) is 0 Å². The lowest BCUT2D eigenvalue weighted by Crippen LogP contribution is -2.44. The van der Waals surface area contributed by atoms with Gasteiger partial charge in [0.15, 0.2) is 0 Å². The number of amides is 1. The van der Waals surface area contributed by atoms with E-state index in [2.05, 4.69) is 21.4 Å². The predicted molar refractivity (Wildman–Crippen MR) is 90.7 cm³/mol. The molecule has 7 nitrogen and oxygen atoms in total. The molecule has 27 heavy (non-hydrogen) atoms. The lowest BCUT2D eigenvalue weighted by molar-refractivity contribution is -0.192. The van der Waals surface area contributed by atoms with Gasteiger partial charge in [0.2, 0.25) is 5.91 Å². The Morgan fingerprint density at radius 1 is 1.26 bits per heavy atom. The number of aliphatic carboxylic acids is 1. The molecule has 1 spiro atoms. The Morgan fingerprint density at radius 2 is 1.81 bits per heavy atom. The van der Waals surface area contributed by atoms with Gasteiger partial charge in [0.25, 0.3) is 0 Å². The zero-order valence-electron chi connectivity index (χ0n) is 15.5. The molecule has 0 aliphatic carbocycles. The number of halogens is 3. The zero-order valence-corrected chi connectivity index (χ0v) is 15.5. The van der Waals surface area contributed by atoms with Crippen LogP contribution in [0.3, 0.4) is 0 Å². The van der Waals surface area contributed by atoms with Gasteiger partial charge in [-0.3, -0.25) is 9.69 Å². The van der Waals surface area contributed by atoms with Crippen LogP contribution in [0.15, 0.2) is 12.4 Å². The van der Waals surface area contributed by atoms with Gasteiger partial charge < -0.3 is 14.6 Å². The smallest absolute Gasteiger partial charge is 0.475 e. The summed E-state index contributed by atoms with van der Waals surface area (Å²) in [7, 11) is 2.04. The van der Waals surface area contributed by atoms with Gasteiger partial charge >= 0.3 is 12.1 Å². The molecular formula is C17H25F3N4O3. The minimum atomic E-state index is -5.08. The van der Waals surface area contributed by atoms with Crippen molar-refractivity contribution in [2.45, 2.75) is 38.9 Å². The Hall–Kier alpha value is -2.10. The maximum Gasteiger partial charge on any atom is 0.490 e. The molecule has 1 aromatic rings. The lowest BCUT2D eigenvalue weighted by Gasteiger charge is -2.37. The number of hydrogen-bond donors (Lipinski definition) is 1. The summed E-state index contributed by atoms with van der Waals surface area (Å²) in [5.74, 6) is -1.25. The summed E-state index contributed by atoms with van der Waals surface area (Å²) in [6.45, 7) is 6.80. The fourth-order valence-electron chi connectivity index (χ4n) is 3.55. The molecule has 0 radical (unpaired) electrons. The van der Waals surface area contributed by atoms with E-state index in [-0.39, 0.29) is 5.41 Å². The first kappa shape index (κ1) is 21.2. The molecule has 3 heterocycles. The normalized spacial score (nSPS) is 19.9. The van der Waals surface area contributed by atoms with E-state index in [0.29, 0.717) is 5.91 Å². The van der Waals surface area contributed by atoms with Crippen molar-refractivity contribution in [3.63, 3.8) is 0 Å². The molecule has 3 rings (SSSR count). The topological polar surface area (TPSA) is 78.7 Å². The third-order valence-corrected chi connectivity index (χ3v) is 5.32. The second kappa shape index (κ2) is 8.28. The van der Waals surface area contributed by atoms with E-state index in [4.69, 9.17) is 9.90 Å². The van der Waals surface area contributed by atoms with Crippen LogP contribution in [0.1, 0.15) is 32.0 Å². The monoisotopic (exact) mass is 390 g/mol. The highest BCUT2D eigenvalue weighted by atomic mass is 19.4. The van der Waals surface area contributed by atoms with Crippen LogP contribution in [-0.2, 0) is 23.2 Å². The summed E-state index contributed by atoms with van der Waals surface area (Å²) in [6, 6.07) is 0. The number of imidazole rings is 1. The van der Waals surface area contributed by atoms with Crippen LogP contribution in [0.5, 0.6) is 0 Å². The van der Waals surface area contributed by atoms with E-state index in [0.717, 1.165) is 57.8 Å². The Kier molecular flexibility index (Phi) is 6.50. The standard InChI is InChI=1S/C15H24N4O.C2HF3O2/c1-3-19-10-6-15(14(19)20)4-8-18(9-5-15)12-13-16-7-11-17(13)2;3-2(4,5)1(6)7/h7,11H,3-6,8-10,12H2,1-2H3;(H,6,7). The molecule has 1 N–H and O–H groups in total. The Labute approximate surface area is 155 Å². The van der Waals surface area contributed by atoms with Crippen LogP contribution in [0.2, 0.25) is 0 Å². The van der Waals surface area contributed by atoms with Gasteiger partial charge in [-0.25, -0.2) is 9.78 Å². The molecule has 2 saturated heterocycles. The first-order chi connectivity index (χ1) is 12.6. The number of carboxylic acid groups (broad SMARTS) is 1. The number of nitrogens with zero attached hydrogens (tertiary/aromatic N) is 4. The van der Waals surface area contributed by atoms with Crippen molar-refractivity contribution in [2.24, 2.45) is 12.5 Å². The number of alkyl halides is 3. The van der Waals surface area contributed by atoms with Gasteiger partial charge in [-0.1, -0.05) is 0 Å². The third kappa shape index (κ3) is 5.00. The second-order valence-corrected chi connectivity index (χ2v) is 6.95. The minimum Gasteiger partial charge on any atom is -0.475 e. The molecule has 2 aliphatic heterocycles. The van der Waals surface area contributed by atoms with Crippen molar-refractivity contribution in [1.29, 1.82) is 0 Å². The van der Waals surface area contributed by atoms with Crippen LogP contribution < -0.4 is 0 Å². The second-order valence-electron chi connectivity index (χ2n) is 6.95. The van der Waals surface area contributed by atoms with Crippen LogP contribution in [0, 0.1) is 5.41 Å². The number of rotatable bonds is 3. The Balaban J connectivity index is 0.000000321. The van der Waals surface area contributed by atoms with Gasteiger partial charge in [0.1, 0.15) is 5.82 Å². The SMILES string of the molecule is CCN1CCC2(CCN(Cc3nccn3C)CC2)C1=O.O=C(O)C(F)(F)F. The van der Waals surface area contributed by atoms with Gasteiger partial charge in [-0.15, -0.1) is 0 Å². The molecule has 152 valence electrons. The number of carbonyl (C=O) groups is 2. The Bertz CT molecular complexity index is 667. The summed E-state index contributed by atoms with van der Waals surface area (Å²) in [5.41, 5.74) is -0.0475. The van der Waals surface area contributed by atoms with Crippen molar-refractivity contribution in [3.05, 3.63) is 18.2 Å². The van der Waals surface area contributed by atoms with Gasteiger partial charge in [-0.05, 0) is 39.3 Å². The average molecular weight is 390 g/mol. The number of carbonyl (C=O) groups excluding carboxylic acids is 1. The number of carboxylic acids is 1. The highest BCUT2D eigenvalue weighted by Crippen LogP contribution is 2.41. The van der Waals surface area contributed by atoms with Gasteiger partial charge in [0, 0.05) is 32.5 Å². The highest BCUT2D eigenvalue weighted by molar-refractivity contribution is 5.85. The number of likely N-dealkylation sites (tertiary alicyclic amines) is 2. The summed E-state index contributed by atoms with van der Waals surface area (Å²) < 4.78 is 33.8. The zero-order chi connectivity index (χ0) is 20.2. The first-order valence-corrected chi connectivity index (χ1v) is 8.87. The molecule has 0 atom stereocenters. The van der Waals surface area contributed by atoms with E-state index in [1.807, 2.05) is 24.3 Å². The van der Waals surface area contributed by atoms with Crippen molar-refractivity contribution >= 4 is 11.9 Å². The van der Waals surface area contributed by atoms with Gasteiger partial charge in [-0.2, -0.15) is 13.2 Å².